The van der Waals surface area contributed by atoms with Crippen molar-refractivity contribution in [1.82, 2.24) is 19.7 Å². The molecule has 0 radical (unpaired) electrons. The summed E-state index contributed by atoms with van der Waals surface area (Å²) in [5, 5.41) is 14.3. The molecule has 3 heterocycles. The van der Waals surface area contributed by atoms with Gasteiger partial charge in [0.1, 0.15) is 11.6 Å². The second kappa shape index (κ2) is 7.13. The van der Waals surface area contributed by atoms with Gasteiger partial charge in [-0.05, 0) is 30.5 Å². The molecule has 6 heteroatoms. The summed E-state index contributed by atoms with van der Waals surface area (Å²) in [6.45, 7) is 1.82. The van der Waals surface area contributed by atoms with E-state index in [1.54, 1.807) is 11.3 Å². The van der Waals surface area contributed by atoms with Crippen molar-refractivity contribution in [3.05, 3.63) is 58.1 Å². The normalized spacial score (nSPS) is 14.2. The molecule has 0 amide bonds. The third-order valence-electron chi connectivity index (χ3n) is 4.46. The number of anilines is 1. The fourth-order valence-corrected chi connectivity index (χ4v) is 3.67. The Balaban J connectivity index is 1.41. The molecule has 24 heavy (non-hydrogen) atoms. The molecule has 4 rings (SSSR count). The maximum absolute atomic E-state index is 4.42. The Hall–Kier alpha value is -2.21. The van der Waals surface area contributed by atoms with Crippen LogP contribution < -0.4 is 5.32 Å². The maximum Gasteiger partial charge on any atom is 0.137 e. The molecule has 0 atom stereocenters. The molecule has 1 N–H and O–H groups in total. The third kappa shape index (κ3) is 3.48. The Morgan fingerprint density at radius 3 is 2.83 bits per heavy atom. The summed E-state index contributed by atoms with van der Waals surface area (Å²) in [5.41, 5.74) is 5.33. The summed E-state index contributed by atoms with van der Waals surface area (Å²) in [5.74, 6) is 2.25. The molecule has 124 valence electrons. The van der Waals surface area contributed by atoms with Crippen molar-refractivity contribution in [2.75, 3.05) is 5.32 Å². The van der Waals surface area contributed by atoms with E-state index in [0.29, 0.717) is 0 Å². The number of hydrogen-bond acceptors (Lipinski definition) is 5. The fourth-order valence-electron chi connectivity index (χ4n) is 3.12. The molecule has 1 aromatic carbocycles. The van der Waals surface area contributed by atoms with E-state index in [9.17, 15) is 0 Å². The average Bonchev–Trinajstić information content (AvgIpc) is 3.19. The number of nitrogens with one attached hydrogen (secondary N) is 1. The minimum absolute atomic E-state index is 0.764. The largest absolute Gasteiger partial charge is 0.379 e. The molecule has 0 aliphatic carbocycles. The van der Waals surface area contributed by atoms with Gasteiger partial charge in [-0.1, -0.05) is 18.6 Å². The van der Waals surface area contributed by atoms with Gasteiger partial charge < -0.3 is 9.88 Å². The zero-order valence-electron chi connectivity index (χ0n) is 13.6. The topological polar surface area (TPSA) is 55.6 Å². The first-order chi connectivity index (χ1) is 11.9. The predicted octanol–water partition coefficient (Wildman–Crippen LogP) is 3.66. The molecule has 2 aromatic heterocycles. The Morgan fingerprint density at radius 2 is 2.00 bits per heavy atom. The van der Waals surface area contributed by atoms with Crippen LogP contribution in [-0.2, 0) is 25.9 Å². The van der Waals surface area contributed by atoms with Gasteiger partial charge in [-0.3, -0.25) is 0 Å². The maximum atomic E-state index is 4.42. The standard InChI is InChI=1S/C18H21N5S/c1-2-4-17-21-22-18(23(17)9-3-1)10-14-5-7-15(8-6-14)19-11-16-12-24-13-20-16/h5-8,12-13,19H,1-4,9-11H2. The van der Waals surface area contributed by atoms with Crippen LogP contribution >= 0.6 is 11.3 Å². The lowest BCUT2D eigenvalue weighted by Gasteiger charge is -2.08. The first-order valence-corrected chi connectivity index (χ1v) is 9.43. The average molecular weight is 339 g/mol. The minimum atomic E-state index is 0.764. The summed E-state index contributed by atoms with van der Waals surface area (Å²) in [7, 11) is 0. The zero-order valence-corrected chi connectivity index (χ0v) is 14.4. The van der Waals surface area contributed by atoms with Gasteiger partial charge in [0.15, 0.2) is 0 Å². The highest BCUT2D eigenvalue weighted by Crippen LogP contribution is 2.18. The molecule has 0 saturated heterocycles. The van der Waals surface area contributed by atoms with Gasteiger partial charge in [-0.2, -0.15) is 0 Å². The van der Waals surface area contributed by atoms with E-state index < -0.39 is 0 Å². The van der Waals surface area contributed by atoms with Crippen LogP contribution in [0.15, 0.2) is 35.2 Å². The van der Waals surface area contributed by atoms with Crippen molar-refractivity contribution in [3.8, 4) is 0 Å². The van der Waals surface area contributed by atoms with Gasteiger partial charge in [0, 0.05) is 30.5 Å². The molecule has 0 spiro atoms. The number of hydrogen-bond donors (Lipinski definition) is 1. The molecule has 0 bridgehead atoms. The predicted molar refractivity (Wildman–Crippen MR) is 96.3 cm³/mol. The van der Waals surface area contributed by atoms with Crippen molar-refractivity contribution in [3.63, 3.8) is 0 Å². The highest BCUT2D eigenvalue weighted by atomic mass is 32.1. The quantitative estimate of drug-likeness (QED) is 0.771. The summed E-state index contributed by atoms with van der Waals surface area (Å²) < 4.78 is 2.32. The SMILES string of the molecule is c1nc(CNc2ccc(Cc3nnc4n3CCCCC4)cc2)cs1. The van der Waals surface area contributed by atoms with E-state index in [-0.39, 0.29) is 0 Å². The van der Waals surface area contributed by atoms with E-state index in [1.165, 1.54) is 24.8 Å². The fraction of sp³-hybridized carbons (Fsp3) is 0.389. The van der Waals surface area contributed by atoms with Crippen LogP contribution in [0, 0.1) is 0 Å². The van der Waals surface area contributed by atoms with E-state index in [2.05, 4.69) is 54.7 Å². The second-order valence-corrected chi connectivity index (χ2v) is 6.92. The molecule has 1 aliphatic heterocycles. The van der Waals surface area contributed by atoms with Crippen LogP contribution in [0.4, 0.5) is 5.69 Å². The number of nitrogens with zero attached hydrogens (tertiary/aromatic N) is 4. The molecular formula is C18H21N5S. The summed E-state index contributed by atoms with van der Waals surface area (Å²) >= 11 is 1.63. The van der Waals surface area contributed by atoms with E-state index in [1.807, 2.05) is 5.51 Å². The second-order valence-electron chi connectivity index (χ2n) is 6.20. The molecule has 0 fully saturated rings. The number of rotatable bonds is 5. The first-order valence-electron chi connectivity index (χ1n) is 8.49. The highest BCUT2D eigenvalue weighted by molar-refractivity contribution is 7.07. The molecule has 3 aromatic rings. The Labute approximate surface area is 145 Å². The molecule has 1 aliphatic rings. The van der Waals surface area contributed by atoms with Crippen molar-refractivity contribution < 1.29 is 0 Å². The number of fused-ring (bicyclic) bond motifs is 1. The van der Waals surface area contributed by atoms with Gasteiger partial charge >= 0.3 is 0 Å². The lowest BCUT2D eigenvalue weighted by molar-refractivity contribution is 0.611. The molecular weight excluding hydrogens is 318 g/mol. The Morgan fingerprint density at radius 1 is 1.08 bits per heavy atom. The van der Waals surface area contributed by atoms with Crippen molar-refractivity contribution >= 4 is 17.0 Å². The zero-order chi connectivity index (χ0) is 16.2. The summed E-state index contributed by atoms with van der Waals surface area (Å²) in [6.07, 6.45) is 5.67. The van der Waals surface area contributed by atoms with Crippen LogP contribution in [0.5, 0.6) is 0 Å². The van der Waals surface area contributed by atoms with Crippen LogP contribution in [0.2, 0.25) is 0 Å². The van der Waals surface area contributed by atoms with Gasteiger partial charge in [0.05, 0.1) is 17.7 Å². The first kappa shape index (κ1) is 15.3. The Bertz CT molecular complexity index is 776. The smallest absolute Gasteiger partial charge is 0.137 e. The molecule has 0 saturated carbocycles. The number of aryl methyl sites for hydroxylation is 1. The number of aromatic nitrogens is 4. The van der Waals surface area contributed by atoms with Crippen LogP contribution in [-0.4, -0.2) is 19.7 Å². The number of thiazole rings is 1. The van der Waals surface area contributed by atoms with E-state index in [4.69, 9.17) is 0 Å². The van der Waals surface area contributed by atoms with Crippen LogP contribution in [0.3, 0.4) is 0 Å². The van der Waals surface area contributed by atoms with Crippen LogP contribution in [0.25, 0.3) is 0 Å². The van der Waals surface area contributed by atoms with Gasteiger partial charge in [0.25, 0.3) is 0 Å². The lowest BCUT2D eigenvalue weighted by atomic mass is 10.1. The van der Waals surface area contributed by atoms with Gasteiger partial charge in [-0.15, -0.1) is 21.5 Å². The van der Waals surface area contributed by atoms with Crippen molar-refractivity contribution in [2.24, 2.45) is 0 Å². The van der Waals surface area contributed by atoms with E-state index in [0.717, 1.165) is 49.0 Å². The Kier molecular flexibility index (Phi) is 4.55. The van der Waals surface area contributed by atoms with Crippen molar-refractivity contribution in [2.45, 2.75) is 45.2 Å². The monoisotopic (exact) mass is 339 g/mol. The summed E-state index contributed by atoms with van der Waals surface area (Å²) in [4.78, 5) is 4.29. The lowest BCUT2D eigenvalue weighted by Crippen LogP contribution is -2.06. The van der Waals surface area contributed by atoms with Gasteiger partial charge in [-0.25, -0.2) is 4.98 Å². The van der Waals surface area contributed by atoms with Crippen molar-refractivity contribution in [1.29, 1.82) is 0 Å². The van der Waals surface area contributed by atoms with E-state index >= 15 is 0 Å². The van der Waals surface area contributed by atoms with Gasteiger partial charge in [0.2, 0.25) is 0 Å². The third-order valence-corrected chi connectivity index (χ3v) is 5.09. The van der Waals surface area contributed by atoms with Crippen LogP contribution in [0.1, 0.15) is 42.2 Å². The molecule has 0 unspecified atom stereocenters. The minimum Gasteiger partial charge on any atom is -0.379 e. The summed E-state index contributed by atoms with van der Waals surface area (Å²) in [6, 6.07) is 8.59. The molecule has 5 nitrogen and oxygen atoms in total. The number of benzene rings is 1. The highest BCUT2D eigenvalue weighted by Gasteiger charge is 2.14.